The van der Waals surface area contributed by atoms with Crippen LogP contribution in [0.4, 0.5) is 5.69 Å². The van der Waals surface area contributed by atoms with Crippen LogP contribution >= 0.6 is 0 Å². The van der Waals surface area contributed by atoms with Crippen molar-refractivity contribution in [3.8, 4) is 5.75 Å². The molecule has 1 aromatic rings. The number of ether oxygens (including phenoxy) is 1. The maximum atomic E-state index is 12.0. The molecule has 21 heavy (non-hydrogen) atoms. The molecule has 0 saturated carbocycles. The van der Waals surface area contributed by atoms with Crippen LogP contribution in [0, 0.1) is 0 Å². The molecule has 1 heterocycles. The molecule has 0 radical (unpaired) electrons. The van der Waals surface area contributed by atoms with Crippen molar-refractivity contribution in [1.82, 2.24) is 10.2 Å². The SMILES string of the molecule is CN(C)CCOc1cccc(NC(=O)C2CC(O)CN2)c1. The van der Waals surface area contributed by atoms with Gasteiger partial charge in [-0.1, -0.05) is 6.07 Å². The Morgan fingerprint density at radius 2 is 2.33 bits per heavy atom. The van der Waals surface area contributed by atoms with Gasteiger partial charge in [-0.05, 0) is 32.6 Å². The Hall–Kier alpha value is -1.63. The highest BCUT2D eigenvalue weighted by molar-refractivity contribution is 5.95. The number of carbonyl (C=O) groups is 1. The summed E-state index contributed by atoms with van der Waals surface area (Å²) in [6.07, 6.45) is 0.00616. The third kappa shape index (κ3) is 5.00. The maximum Gasteiger partial charge on any atom is 0.241 e. The van der Waals surface area contributed by atoms with Gasteiger partial charge in [0.25, 0.3) is 0 Å². The second-order valence-corrected chi connectivity index (χ2v) is 5.52. The van der Waals surface area contributed by atoms with Crippen LogP contribution in [0.1, 0.15) is 6.42 Å². The first-order chi connectivity index (χ1) is 10.0. The number of β-amino-alcohol motifs (C(OH)–C–C–N with tert-alkyl or cyclic N) is 1. The lowest BCUT2D eigenvalue weighted by Crippen LogP contribution is -2.35. The van der Waals surface area contributed by atoms with E-state index < -0.39 is 6.10 Å². The summed E-state index contributed by atoms with van der Waals surface area (Å²) in [6.45, 7) is 1.90. The second kappa shape index (κ2) is 7.40. The zero-order chi connectivity index (χ0) is 15.2. The van der Waals surface area contributed by atoms with Gasteiger partial charge in [0, 0.05) is 24.8 Å². The van der Waals surface area contributed by atoms with Crippen LogP contribution in [0.2, 0.25) is 0 Å². The molecule has 1 aliphatic heterocycles. The number of nitrogens with zero attached hydrogens (tertiary/aromatic N) is 1. The van der Waals surface area contributed by atoms with Gasteiger partial charge in [0.05, 0.1) is 12.1 Å². The van der Waals surface area contributed by atoms with Crippen molar-refractivity contribution in [2.75, 3.05) is 39.1 Å². The highest BCUT2D eigenvalue weighted by Gasteiger charge is 2.27. The minimum Gasteiger partial charge on any atom is -0.492 e. The number of benzene rings is 1. The summed E-state index contributed by atoms with van der Waals surface area (Å²) in [5.74, 6) is 0.603. The van der Waals surface area contributed by atoms with Gasteiger partial charge in [0.15, 0.2) is 0 Å². The first kappa shape index (κ1) is 15.8. The molecule has 1 amide bonds. The molecule has 1 saturated heterocycles. The molecule has 3 N–H and O–H groups in total. The molecule has 0 bridgehead atoms. The van der Waals surface area contributed by atoms with Crippen LogP contribution in [-0.2, 0) is 4.79 Å². The Morgan fingerprint density at radius 1 is 1.52 bits per heavy atom. The Balaban J connectivity index is 1.87. The third-order valence-electron chi connectivity index (χ3n) is 3.33. The van der Waals surface area contributed by atoms with Crippen LogP contribution in [0.5, 0.6) is 5.75 Å². The van der Waals surface area contributed by atoms with Crippen molar-refractivity contribution in [3.05, 3.63) is 24.3 Å². The number of anilines is 1. The molecule has 2 rings (SSSR count). The van der Waals surface area contributed by atoms with Gasteiger partial charge in [-0.2, -0.15) is 0 Å². The number of hydrogen-bond acceptors (Lipinski definition) is 5. The minimum atomic E-state index is -0.443. The zero-order valence-electron chi connectivity index (χ0n) is 12.5. The van der Waals surface area contributed by atoms with Crippen LogP contribution in [0.25, 0.3) is 0 Å². The Bertz CT molecular complexity index is 479. The molecule has 1 aliphatic rings. The molecule has 2 unspecified atom stereocenters. The number of likely N-dealkylation sites (N-methyl/N-ethyl adjacent to an activating group) is 1. The molecular formula is C15H23N3O3. The van der Waals surface area contributed by atoms with E-state index in [2.05, 4.69) is 10.6 Å². The lowest BCUT2D eigenvalue weighted by Gasteiger charge is -2.13. The summed E-state index contributed by atoms with van der Waals surface area (Å²) in [4.78, 5) is 14.1. The fraction of sp³-hybridized carbons (Fsp3) is 0.533. The fourth-order valence-electron chi connectivity index (χ4n) is 2.16. The van der Waals surface area contributed by atoms with Crippen LogP contribution in [-0.4, -0.2) is 61.9 Å². The molecule has 2 atom stereocenters. The Labute approximate surface area is 125 Å². The van der Waals surface area contributed by atoms with Gasteiger partial charge in [0.1, 0.15) is 12.4 Å². The fourth-order valence-corrected chi connectivity index (χ4v) is 2.16. The summed E-state index contributed by atoms with van der Waals surface area (Å²) < 4.78 is 5.63. The first-order valence-corrected chi connectivity index (χ1v) is 7.14. The van der Waals surface area contributed by atoms with Gasteiger partial charge in [-0.25, -0.2) is 0 Å². The standard InChI is InChI=1S/C15H23N3O3/c1-18(2)6-7-21-13-5-3-4-11(8-13)17-15(20)14-9-12(19)10-16-14/h3-5,8,12,14,16,19H,6-7,9-10H2,1-2H3,(H,17,20). The molecule has 116 valence electrons. The van der Waals surface area contributed by atoms with Crippen molar-refractivity contribution >= 4 is 11.6 Å². The highest BCUT2D eigenvalue weighted by Crippen LogP contribution is 2.18. The van der Waals surface area contributed by atoms with Gasteiger partial charge >= 0.3 is 0 Å². The van der Waals surface area contributed by atoms with Gasteiger partial charge < -0.3 is 25.4 Å². The van der Waals surface area contributed by atoms with E-state index >= 15 is 0 Å². The van der Waals surface area contributed by atoms with Gasteiger partial charge in [-0.3, -0.25) is 4.79 Å². The molecule has 1 aromatic carbocycles. The van der Waals surface area contributed by atoms with E-state index in [9.17, 15) is 9.90 Å². The number of aliphatic hydroxyl groups excluding tert-OH is 1. The highest BCUT2D eigenvalue weighted by atomic mass is 16.5. The summed E-state index contributed by atoms with van der Waals surface area (Å²) in [5.41, 5.74) is 0.700. The predicted molar refractivity (Wildman–Crippen MR) is 81.5 cm³/mol. The van der Waals surface area contributed by atoms with E-state index in [4.69, 9.17) is 4.74 Å². The van der Waals surface area contributed by atoms with Crippen molar-refractivity contribution in [2.24, 2.45) is 0 Å². The third-order valence-corrected chi connectivity index (χ3v) is 3.33. The largest absolute Gasteiger partial charge is 0.492 e. The maximum absolute atomic E-state index is 12.0. The van der Waals surface area contributed by atoms with E-state index in [0.717, 1.165) is 12.3 Å². The molecule has 0 aliphatic carbocycles. The van der Waals surface area contributed by atoms with E-state index in [1.807, 2.05) is 37.2 Å². The predicted octanol–water partition coefficient (Wildman–Crippen LogP) is 0.288. The van der Waals surface area contributed by atoms with Crippen LogP contribution < -0.4 is 15.4 Å². The molecule has 1 fully saturated rings. The monoisotopic (exact) mass is 293 g/mol. The van der Waals surface area contributed by atoms with E-state index in [1.54, 1.807) is 6.07 Å². The Kier molecular flexibility index (Phi) is 5.55. The zero-order valence-corrected chi connectivity index (χ0v) is 12.5. The van der Waals surface area contributed by atoms with Crippen molar-refractivity contribution in [3.63, 3.8) is 0 Å². The summed E-state index contributed by atoms with van der Waals surface area (Å²) >= 11 is 0. The number of rotatable bonds is 6. The number of aliphatic hydroxyl groups is 1. The summed E-state index contributed by atoms with van der Waals surface area (Å²) in [7, 11) is 3.98. The smallest absolute Gasteiger partial charge is 0.241 e. The molecular weight excluding hydrogens is 270 g/mol. The first-order valence-electron chi connectivity index (χ1n) is 7.14. The quantitative estimate of drug-likeness (QED) is 0.703. The van der Waals surface area contributed by atoms with Crippen molar-refractivity contribution < 1.29 is 14.6 Å². The van der Waals surface area contributed by atoms with Crippen LogP contribution in [0.15, 0.2) is 24.3 Å². The summed E-state index contributed by atoms with van der Waals surface area (Å²) in [6, 6.07) is 7.00. The normalized spacial score (nSPS) is 21.5. The lowest BCUT2D eigenvalue weighted by atomic mass is 10.2. The number of nitrogens with one attached hydrogen (secondary N) is 2. The lowest BCUT2D eigenvalue weighted by molar-refractivity contribution is -0.117. The molecule has 0 spiro atoms. The van der Waals surface area contributed by atoms with Crippen molar-refractivity contribution in [2.45, 2.75) is 18.6 Å². The molecule has 0 aromatic heterocycles. The molecule has 6 nitrogen and oxygen atoms in total. The Morgan fingerprint density at radius 3 is 3.00 bits per heavy atom. The number of hydrogen-bond donors (Lipinski definition) is 3. The van der Waals surface area contributed by atoms with E-state index in [1.165, 1.54) is 0 Å². The average Bonchev–Trinajstić information content (AvgIpc) is 2.85. The van der Waals surface area contributed by atoms with E-state index in [0.29, 0.717) is 25.3 Å². The van der Waals surface area contributed by atoms with Gasteiger partial charge in [-0.15, -0.1) is 0 Å². The van der Waals surface area contributed by atoms with Crippen molar-refractivity contribution in [1.29, 1.82) is 0 Å². The molecule has 6 heteroatoms. The second-order valence-electron chi connectivity index (χ2n) is 5.52. The summed E-state index contributed by atoms with van der Waals surface area (Å²) in [5, 5.41) is 15.3. The number of carbonyl (C=O) groups excluding carboxylic acids is 1. The minimum absolute atomic E-state index is 0.128. The topological polar surface area (TPSA) is 73.8 Å². The number of amides is 1. The van der Waals surface area contributed by atoms with E-state index in [-0.39, 0.29) is 11.9 Å². The van der Waals surface area contributed by atoms with Gasteiger partial charge in [0.2, 0.25) is 5.91 Å². The van der Waals surface area contributed by atoms with Crippen LogP contribution in [0.3, 0.4) is 0 Å². The average molecular weight is 293 g/mol.